The van der Waals surface area contributed by atoms with Crippen LogP contribution in [0.25, 0.3) is 0 Å². The van der Waals surface area contributed by atoms with Crippen LogP contribution in [-0.2, 0) is 4.79 Å². The molecule has 1 rings (SSSR count). The van der Waals surface area contributed by atoms with Gasteiger partial charge in [0, 0.05) is 19.1 Å². The molecule has 4 heteroatoms. The van der Waals surface area contributed by atoms with Gasteiger partial charge in [-0.05, 0) is 37.7 Å². The van der Waals surface area contributed by atoms with Crippen LogP contribution in [-0.4, -0.2) is 48.0 Å². The molecule has 1 fully saturated rings. The minimum atomic E-state index is 0.271. The maximum Gasteiger partial charge on any atom is 0.236 e. The Kier molecular flexibility index (Phi) is 6.88. The molecule has 0 aromatic rings. The lowest BCUT2D eigenvalue weighted by Crippen LogP contribution is -2.39. The summed E-state index contributed by atoms with van der Waals surface area (Å²) in [5.41, 5.74) is 0. The summed E-state index contributed by atoms with van der Waals surface area (Å²) in [6.45, 7) is 6.77. The highest BCUT2D eigenvalue weighted by molar-refractivity contribution is 7.99. The van der Waals surface area contributed by atoms with E-state index in [4.69, 9.17) is 0 Å². The van der Waals surface area contributed by atoms with Gasteiger partial charge in [-0.3, -0.25) is 4.79 Å². The first-order chi connectivity index (χ1) is 7.74. The van der Waals surface area contributed by atoms with Gasteiger partial charge in [0.1, 0.15) is 0 Å². The third-order valence-electron chi connectivity index (χ3n) is 2.96. The lowest BCUT2D eigenvalue weighted by atomic mass is 10.2. The van der Waals surface area contributed by atoms with Gasteiger partial charge in [-0.2, -0.15) is 11.8 Å². The van der Waals surface area contributed by atoms with Gasteiger partial charge in [-0.15, -0.1) is 0 Å². The quantitative estimate of drug-likeness (QED) is 0.692. The summed E-state index contributed by atoms with van der Waals surface area (Å²) in [6, 6.07) is 0.450. The summed E-state index contributed by atoms with van der Waals surface area (Å²) >= 11 is 1.96. The van der Waals surface area contributed by atoms with E-state index in [1.165, 1.54) is 24.3 Å². The second-order valence-electron chi connectivity index (χ2n) is 4.36. The third-order valence-corrected chi connectivity index (χ3v) is 3.89. The van der Waals surface area contributed by atoms with Gasteiger partial charge in [0.05, 0.1) is 6.54 Å². The first-order valence-electron chi connectivity index (χ1n) is 6.33. The summed E-state index contributed by atoms with van der Waals surface area (Å²) in [6.07, 6.45) is 3.49. The molecule has 94 valence electrons. The van der Waals surface area contributed by atoms with Crippen LogP contribution in [0.1, 0.15) is 33.1 Å². The normalized spacial score (nSPS) is 17.8. The highest BCUT2D eigenvalue weighted by Crippen LogP contribution is 2.07. The van der Waals surface area contributed by atoms with E-state index in [1.807, 2.05) is 16.7 Å². The molecular weight excluding hydrogens is 220 g/mol. The summed E-state index contributed by atoms with van der Waals surface area (Å²) in [7, 11) is 0. The SMILES string of the molecule is CCSCCC(C)NCC(=O)N1CCCC1. The molecular formula is C12H24N2OS. The van der Waals surface area contributed by atoms with Crippen molar-refractivity contribution >= 4 is 17.7 Å². The minimum Gasteiger partial charge on any atom is -0.342 e. The number of thioether (sulfide) groups is 1. The van der Waals surface area contributed by atoms with E-state index >= 15 is 0 Å². The van der Waals surface area contributed by atoms with Crippen LogP contribution < -0.4 is 5.32 Å². The van der Waals surface area contributed by atoms with E-state index < -0.39 is 0 Å². The monoisotopic (exact) mass is 244 g/mol. The van der Waals surface area contributed by atoms with Gasteiger partial charge in [-0.1, -0.05) is 6.92 Å². The van der Waals surface area contributed by atoms with Gasteiger partial charge >= 0.3 is 0 Å². The Morgan fingerprint density at radius 1 is 1.44 bits per heavy atom. The Bertz CT molecular complexity index is 205. The summed E-state index contributed by atoms with van der Waals surface area (Å²) in [5.74, 6) is 2.63. The number of hydrogen-bond acceptors (Lipinski definition) is 3. The van der Waals surface area contributed by atoms with Crippen molar-refractivity contribution in [2.75, 3.05) is 31.1 Å². The maximum atomic E-state index is 11.7. The molecule has 0 aromatic heterocycles. The number of carbonyl (C=O) groups is 1. The van der Waals surface area contributed by atoms with Crippen molar-refractivity contribution < 1.29 is 4.79 Å². The smallest absolute Gasteiger partial charge is 0.236 e. The number of carbonyl (C=O) groups excluding carboxylic acids is 1. The van der Waals surface area contributed by atoms with Crippen molar-refractivity contribution in [3.63, 3.8) is 0 Å². The molecule has 1 aliphatic rings. The summed E-state index contributed by atoms with van der Waals surface area (Å²) in [5, 5.41) is 3.31. The maximum absolute atomic E-state index is 11.7. The molecule has 0 aliphatic carbocycles. The zero-order valence-corrected chi connectivity index (χ0v) is 11.3. The second kappa shape index (κ2) is 7.96. The van der Waals surface area contributed by atoms with Crippen LogP contribution in [0.15, 0.2) is 0 Å². The number of nitrogens with zero attached hydrogens (tertiary/aromatic N) is 1. The van der Waals surface area contributed by atoms with E-state index in [1.54, 1.807) is 0 Å². The largest absolute Gasteiger partial charge is 0.342 e. The average Bonchev–Trinajstić information content (AvgIpc) is 2.79. The first kappa shape index (κ1) is 13.8. The van der Waals surface area contributed by atoms with Crippen molar-refractivity contribution in [2.45, 2.75) is 39.2 Å². The first-order valence-corrected chi connectivity index (χ1v) is 7.48. The number of rotatable bonds is 7. The van der Waals surface area contributed by atoms with Gasteiger partial charge in [0.25, 0.3) is 0 Å². The molecule has 1 heterocycles. The molecule has 1 saturated heterocycles. The lowest BCUT2D eigenvalue weighted by Gasteiger charge is -2.18. The van der Waals surface area contributed by atoms with Gasteiger partial charge in [-0.25, -0.2) is 0 Å². The predicted octanol–water partition coefficient (Wildman–Crippen LogP) is 1.73. The molecule has 1 N–H and O–H groups in total. The van der Waals surface area contributed by atoms with Crippen molar-refractivity contribution in [2.24, 2.45) is 0 Å². The zero-order chi connectivity index (χ0) is 11.8. The van der Waals surface area contributed by atoms with Crippen LogP contribution in [0.5, 0.6) is 0 Å². The van der Waals surface area contributed by atoms with Crippen LogP contribution in [0.3, 0.4) is 0 Å². The van der Waals surface area contributed by atoms with Crippen LogP contribution in [0, 0.1) is 0 Å². The van der Waals surface area contributed by atoms with E-state index in [9.17, 15) is 4.79 Å². The van der Waals surface area contributed by atoms with Gasteiger partial charge < -0.3 is 10.2 Å². The van der Waals surface area contributed by atoms with Crippen molar-refractivity contribution in [1.29, 1.82) is 0 Å². The molecule has 0 spiro atoms. The number of amides is 1. The highest BCUT2D eigenvalue weighted by atomic mass is 32.2. The second-order valence-corrected chi connectivity index (χ2v) is 5.75. The molecule has 0 saturated carbocycles. The fraction of sp³-hybridized carbons (Fsp3) is 0.917. The summed E-state index contributed by atoms with van der Waals surface area (Å²) < 4.78 is 0. The summed E-state index contributed by atoms with van der Waals surface area (Å²) in [4.78, 5) is 13.7. The van der Waals surface area contributed by atoms with E-state index in [2.05, 4.69) is 19.2 Å². The van der Waals surface area contributed by atoms with Crippen molar-refractivity contribution in [3.05, 3.63) is 0 Å². The topological polar surface area (TPSA) is 32.3 Å². The number of nitrogens with one attached hydrogen (secondary N) is 1. The molecule has 16 heavy (non-hydrogen) atoms. The van der Waals surface area contributed by atoms with Crippen molar-refractivity contribution in [3.8, 4) is 0 Å². The van der Waals surface area contributed by atoms with E-state index in [-0.39, 0.29) is 5.91 Å². The molecule has 1 aliphatic heterocycles. The highest BCUT2D eigenvalue weighted by Gasteiger charge is 2.17. The van der Waals surface area contributed by atoms with Crippen LogP contribution >= 0.6 is 11.8 Å². The Morgan fingerprint density at radius 3 is 2.75 bits per heavy atom. The van der Waals surface area contributed by atoms with Crippen LogP contribution in [0.4, 0.5) is 0 Å². The predicted molar refractivity (Wildman–Crippen MR) is 70.9 cm³/mol. The van der Waals surface area contributed by atoms with Crippen LogP contribution in [0.2, 0.25) is 0 Å². The lowest BCUT2D eigenvalue weighted by molar-refractivity contribution is -0.129. The fourth-order valence-corrected chi connectivity index (χ4v) is 2.66. The third kappa shape index (κ3) is 5.21. The van der Waals surface area contributed by atoms with E-state index in [0.717, 1.165) is 19.5 Å². The average molecular weight is 244 g/mol. The molecule has 0 radical (unpaired) electrons. The van der Waals surface area contributed by atoms with Crippen molar-refractivity contribution in [1.82, 2.24) is 10.2 Å². The Balaban J connectivity index is 2.06. The Hall–Kier alpha value is -0.220. The van der Waals surface area contributed by atoms with Gasteiger partial charge in [0.15, 0.2) is 0 Å². The fourth-order valence-electron chi connectivity index (χ4n) is 1.85. The molecule has 1 amide bonds. The molecule has 1 atom stereocenters. The Morgan fingerprint density at radius 2 is 2.12 bits per heavy atom. The number of likely N-dealkylation sites (tertiary alicyclic amines) is 1. The van der Waals surface area contributed by atoms with E-state index in [0.29, 0.717) is 12.6 Å². The standard InChI is InChI=1S/C12H24N2OS/c1-3-16-9-6-11(2)13-10-12(15)14-7-4-5-8-14/h11,13H,3-10H2,1-2H3. The van der Waals surface area contributed by atoms with Gasteiger partial charge in [0.2, 0.25) is 5.91 Å². The molecule has 1 unspecified atom stereocenters. The Labute approximate surface area is 103 Å². The number of hydrogen-bond donors (Lipinski definition) is 1. The minimum absolute atomic E-state index is 0.271. The zero-order valence-electron chi connectivity index (χ0n) is 10.5. The molecule has 3 nitrogen and oxygen atoms in total. The molecule has 0 aromatic carbocycles. The molecule has 0 bridgehead atoms.